The number of carbonyl (C=O) groups excluding carboxylic acids is 1. The number of hydrogen-bond acceptors (Lipinski definition) is 4. The number of ether oxygens (including phenoxy) is 1. The fourth-order valence-electron chi connectivity index (χ4n) is 2.40. The molecule has 0 spiro atoms. The van der Waals surface area contributed by atoms with Gasteiger partial charge in [-0.1, -0.05) is 6.42 Å². The molecule has 1 aromatic heterocycles. The lowest BCUT2D eigenvalue weighted by molar-refractivity contribution is -0.142. The number of esters is 1. The molecule has 0 N–H and O–H groups in total. The molecule has 0 saturated carbocycles. The zero-order chi connectivity index (χ0) is 13.0. The van der Waals surface area contributed by atoms with Crippen LogP contribution in [0.5, 0.6) is 0 Å². The molecule has 1 unspecified atom stereocenters. The molecular weight excluding hydrogens is 314 g/mol. The van der Waals surface area contributed by atoms with Crippen molar-refractivity contribution in [1.82, 2.24) is 4.90 Å². The molecule has 18 heavy (non-hydrogen) atoms. The minimum Gasteiger partial charge on any atom is -0.469 e. The molecule has 0 amide bonds. The lowest BCUT2D eigenvalue weighted by Crippen LogP contribution is -2.40. The van der Waals surface area contributed by atoms with Crippen LogP contribution in [-0.2, 0) is 16.1 Å². The number of thiophene rings is 1. The van der Waals surface area contributed by atoms with Gasteiger partial charge in [0.15, 0.2) is 0 Å². The van der Waals surface area contributed by atoms with Crippen LogP contribution in [-0.4, -0.2) is 30.6 Å². The van der Waals surface area contributed by atoms with Gasteiger partial charge in [-0.3, -0.25) is 9.69 Å². The first kappa shape index (κ1) is 14.0. The minimum atomic E-state index is -0.0999. The summed E-state index contributed by atoms with van der Waals surface area (Å²) in [5.41, 5.74) is 0. The Balaban J connectivity index is 1.99. The Morgan fingerprint density at radius 1 is 1.61 bits per heavy atom. The number of likely N-dealkylation sites (tertiary alicyclic amines) is 1. The van der Waals surface area contributed by atoms with Crippen molar-refractivity contribution in [2.75, 3.05) is 13.7 Å². The maximum absolute atomic E-state index is 11.4. The quantitative estimate of drug-likeness (QED) is 0.791. The molecule has 1 aliphatic heterocycles. The average Bonchev–Trinajstić information content (AvgIpc) is 2.77. The second kappa shape index (κ2) is 6.68. The Bertz CT molecular complexity index is 407. The maximum Gasteiger partial charge on any atom is 0.307 e. The summed E-state index contributed by atoms with van der Waals surface area (Å²) in [6, 6.07) is 2.42. The highest BCUT2D eigenvalue weighted by Crippen LogP contribution is 2.28. The second-order valence-electron chi connectivity index (χ2n) is 4.59. The van der Waals surface area contributed by atoms with Crippen LogP contribution in [0.3, 0.4) is 0 Å². The number of rotatable bonds is 4. The molecule has 2 heterocycles. The van der Waals surface area contributed by atoms with Crippen molar-refractivity contribution in [3.8, 4) is 0 Å². The van der Waals surface area contributed by atoms with Crippen LogP contribution < -0.4 is 0 Å². The van der Waals surface area contributed by atoms with Crippen LogP contribution in [0.25, 0.3) is 0 Å². The van der Waals surface area contributed by atoms with Gasteiger partial charge >= 0.3 is 5.97 Å². The molecule has 100 valence electrons. The van der Waals surface area contributed by atoms with E-state index in [1.165, 1.54) is 29.3 Å². The molecule has 1 aromatic rings. The third-order valence-electron chi connectivity index (χ3n) is 3.42. The molecule has 1 fully saturated rings. The van der Waals surface area contributed by atoms with Crippen LogP contribution in [0.4, 0.5) is 0 Å². The summed E-state index contributed by atoms with van der Waals surface area (Å²) >= 11 is 5.33. The van der Waals surface area contributed by atoms with Crippen molar-refractivity contribution in [3.05, 3.63) is 20.8 Å². The van der Waals surface area contributed by atoms with E-state index in [4.69, 9.17) is 4.74 Å². The number of halogens is 1. The summed E-state index contributed by atoms with van der Waals surface area (Å²) in [6.45, 7) is 2.01. The van der Waals surface area contributed by atoms with E-state index in [-0.39, 0.29) is 5.97 Å². The number of piperidine rings is 1. The van der Waals surface area contributed by atoms with E-state index in [1.807, 2.05) is 0 Å². The van der Waals surface area contributed by atoms with Gasteiger partial charge in [-0.15, -0.1) is 11.3 Å². The van der Waals surface area contributed by atoms with Gasteiger partial charge in [-0.2, -0.15) is 0 Å². The highest BCUT2D eigenvalue weighted by atomic mass is 79.9. The van der Waals surface area contributed by atoms with Crippen molar-refractivity contribution in [3.63, 3.8) is 0 Å². The van der Waals surface area contributed by atoms with E-state index >= 15 is 0 Å². The summed E-state index contributed by atoms with van der Waals surface area (Å²) in [4.78, 5) is 15.2. The molecule has 0 radical (unpaired) electrons. The number of carbonyl (C=O) groups is 1. The Hall–Kier alpha value is -0.390. The van der Waals surface area contributed by atoms with Crippen LogP contribution in [0, 0.1) is 0 Å². The summed E-state index contributed by atoms with van der Waals surface area (Å²) in [5.74, 6) is -0.0999. The zero-order valence-electron chi connectivity index (χ0n) is 10.5. The van der Waals surface area contributed by atoms with E-state index in [0.717, 1.165) is 19.5 Å². The van der Waals surface area contributed by atoms with Crippen LogP contribution in [0.1, 0.15) is 30.6 Å². The van der Waals surface area contributed by atoms with Gasteiger partial charge in [-0.25, -0.2) is 0 Å². The Morgan fingerprint density at radius 3 is 3.11 bits per heavy atom. The SMILES string of the molecule is COC(=O)CC1CCCCN1Cc1sccc1Br. The van der Waals surface area contributed by atoms with Crippen molar-refractivity contribution in [2.45, 2.75) is 38.3 Å². The summed E-state index contributed by atoms with van der Waals surface area (Å²) in [6.07, 6.45) is 4.04. The fraction of sp³-hybridized carbons (Fsp3) is 0.615. The number of nitrogens with zero attached hydrogens (tertiary/aromatic N) is 1. The molecular formula is C13H18BrNO2S. The molecule has 1 atom stereocenters. The molecule has 0 aromatic carbocycles. The summed E-state index contributed by atoms with van der Waals surface area (Å²) in [7, 11) is 1.46. The summed E-state index contributed by atoms with van der Waals surface area (Å²) < 4.78 is 5.96. The fourth-order valence-corrected chi connectivity index (χ4v) is 3.90. The molecule has 0 bridgehead atoms. The predicted octanol–water partition coefficient (Wildman–Crippen LogP) is 3.43. The first-order valence-electron chi connectivity index (χ1n) is 6.23. The first-order chi connectivity index (χ1) is 8.70. The van der Waals surface area contributed by atoms with E-state index in [9.17, 15) is 4.79 Å². The van der Waals surface area contributed by atoms with Gasteiger partial charge in [0.2, 0.25) is 0 Å². The van der Waals surface area contributed by atoms with E-state index in [1.54, 1.807) is 11.3 Å². The Labute approximate surface area is 120 Å². The van der Waals surface area contributed by atoms with E-state index in [2.05, 4.69) is 32.3 Å². The average molecular weight is 332 g/mol. The monoisotopic (exact) mass is 331 g/mol. The largest absolute Gasteiger partial charge is 0.469 e. The van der Waals surface area contributed by atoms with Gasteiger partial charge in [0, 0.05) is 21.9 Å². The normalized spacial score (nSPS) is 20.9. The number of methoxy groups -OCH3 is 1. The topological polar surface area (TPSA) is 29.5 Å². The molecule has 2 rings (SSSR count). The Kier molecular flexibility index (Phi) is 5.21. The Morgan fingerprint density at radius 2 is 2.44 bits per heavy atom. The van der Waals surface area contributed by atoms with Gasteiger partial charge in [0.1, 0.15) is 0 Å². The molecule has 1 saturated heterocycles. The summed E-state index contributed by atoms with van der Waals surface area (Å²) in [5, 5.41) is 2.10. The van der Waals surface area contributed by atoms with Gasteiger partial charge in [0.05, 0.1) is 13.5 Å². The lowest BCUT2D eigenvalue weighted by Gasteiger charge is -2.34. The molecule has 5 heteroatoms. The number of hydrogen-bond donors (Lipinski definition) is 0. The lowest BCUT2D eigenvalue weighted by atomic mass is 9.99. The van der Waals surface area contributed by atoms with Crippen molar-refractivity contribution < 1.29 is 9.53 Å². The van der Waals surface area contributed by atoms with Crippen molar-refractivity contribution >= 4 is 33.2 Å². The molecule has 3 nitrogen and oxygen atoms in total. The second-order valence-corrected chi connectivity index (χ2v) is 6.45. The highest BCUT2D eigenvalue weighted by molar-refractivity contribution is 9.10. The van der Waals surface area contributed by atoms with E-state index in [0.29, 0.717) is 12.5 Å². The predicted molar refractivity (Wildman–Crippen MR) is 76.7 cm³/mol. The van der Waals surface area contributed by atoms with Crippen molar-refractivity contribution in [1.29, 1.82) is 0 Å². The highest BCUT2D eigenvalue weighted by Gasteiger charge is 2.25. The third kappa shape index (κ3) is 3.56. The van der Waals surface area contributed by atoms with Crippen LogP contribution in [0.15, 0.2) is 15.9 Å². The minimum absolute atomic E-state index is 0.0999. The van der Waals surface area contributed by atoms with Gasteiger partial charge < -0.3 is 4.74 Å². The zero-order valence-corrected chi connectivity index (χ0v) is 12.9. The van der Waals surface area contributed by atoms with Gasteiger partial charge in [0.25, 0.3) is 0 Å². The van der Waals surface area contributed by atoms with Crippen LogP contribution >= 0.6 is 27.3 Å². The maximum atomic E-state index is 11.4. The van der Waals surface area contributed by atoms with E-state index < -0.39 is 0 Å². The smallest absolute Gasteiger partial charge is 0.307 e. The standard InChI is InChI=1S/C13H18BrNO2S/c1-17-13(16)8-10-4-2-3-6-15(10)9-12-11(14)5-7-18-12/h5,7,10H,2-4,6,8-9H2,1H3. The van der Waals surface area contributed by atoms with Crippen LogP contribution in [0.2, 0.25) is 0 Å². The molecule has 0 aliphatic carbocycles. The van der Waals surface area contributed by atoms with Crippen molar-refractivity contribution in [2.24, 2.45) is 0 Å². The van der Waals surface area contributed by atoms with Gasteiger partial charge in [-0.05, 0) is 46.8 Å². The first-order valence-corrected chi connectivity index (χ1v) is 7.90. The molecule has 1 aliphatic rings. The third-order valence-corrected chi connectivity index (χ3v) is 5.33.